The van der Waals surface area contributed by atoms with Gasteiger partial charge in [-0.05, 0) is 31.1 Å². The fraction of sp³-hybridized carbons (Fsp3) is 0.867. The number of carbonyl (C=O) groups is 2. The number of carboxylic acids is 1. The quantitative estimate of drug-likeness (QED) is 0.759. The van der Waals surface area contributed by atoms with E-state index in [4.69, 9.17) is 5.11 Å². The molecule has 1 fully saturated rings. The van der Waals surface area contributed by atoms with Gasteiger partial charge in [-0.2, -0.15) is 0 Å². The van der Waals surface area contributed by atoms with Crippen molar-refractivity contribution in [2.24, 2.45) is 17.8 Å². The highest BCUT2D eigenvalue weighted by atomic mass is 19.3. The molecule has 1 atom stereocenters. The lowest BCUT2D eigenvalue weighted by atomic mass is 9.86. The number of hydrogen-bond donors (Lipinski definition) is 2. The van der Waals surface area contributed by atoms with E-state index in [1.807, 2.05) is 13.8 Å². The molecule has 2 N–H and O–H groups in total. The summed E-state index contributed by atoms with van der Waals surface area (Å²) in [6.07, 6.45) is 0.654. The van der Waals surface area contributed by atoms with Crippen LogP contribution in [0.1, 0.15) is 52.4 Å². The minimum absolute atomic E-state index is 0.0151. The zero-order valence-corrected chi connectivity index (χ0v) is 12.7. The molecular weight excluding hydrogens is 280 g/mol. The molecule has 4 nitrogen and oxygen atoms in total. The van der Waals surface area contributed by atoms with Gasteiger partial charge >= 0.3 is 5.97 Å². The third kappa shape index (κ3) is 6.87. The molecule has 0 aliphatic heterocycles. The van der Waals surface area contributed by atoms with E-state index in [0.29, 0.717) is 12.5 Å². The molecule has 6 heteroatoms. The molecular formula is C15H25F2NO3. The molecule has 0 heterocycles. The van der Waals surface area contributed by atoms with E-state index in [-0.39, 0.29) is 49.8 Å². The fourth-order valence-electron chi connectivity index (χ4n) is 2.84. The van der Waals surface area contributed by atoms with Gasteiger partial charge in [0.25, 0.3) is 0 Å². The molecule has 1 aliphatic rings. The van der Waals surface area contributed by atoms with Crippen LogP contribution in [0.5, 0.6) is 0 Å². The van der Waals surface area contributed by atoms with Crippen LogP contribution >= 0.6 is 0 Å². The van der Waals surface area contributed by atoms with Gasteiger partial charge in [-0.3, -0.25) is 9.59 Å². The Morgan fingerprint density at radius 1 is 1.29 bits per heavy atom. The maximum Gasteiger partial charge on any atom is 0.303 e. The minimum atomic E-state index is -2.64. The van der Waals surface area contributed by atoms with Crippen LogP contribution in [-0.4, -0.2) is 29.5 Å². The van der Waals surface area contributed by atoms with Crippen molar-refractivity contribution in [2.75, 3.05) is 6.54 Å². The van der Waals surface area contributed by atoms with Gasteiger partial charge in [-0.25, -0.2) is 8.78 Å². The fourth-order valence-corrected chi connectivity index (χ4v) is 2.84. The average Bonchev–Trinajstić information content (AvgIpc) is 2.34. The molecule has 122 valence electrons. The Balaban J connectivity index is 2.40. The summed E-state index contributed by atoms with van der Waals surface area (Å²) in [5.74, 6) is -3.87. The third-order valence-electron chi connectivity index (χ3n) is 3.92. The minimum Gasteiger partial charge on any atom is -0.481 e. The molecule has 0 saturated heterocycles. The number of rotatable bonds is 7. The average molecular weight is 305 g/mol. The largest absolute Gasteiger partial charge is 0.481 e. The van der Waals surface area contributed by atoms with E-state index in [1.54, 1.807) is 0 Å². The lowest BCUT2D eigenvalue weighted by Crippen LogP contribution is -2.38. The Bertz CT molecular complexity index is 362. The van der Waals surface area contributed by atoms with Gasteiger partial charge < -0.3 is 10.4 Å². The molecule has 21 heavy (non-hydrogen) atoms. The van der Waals surface area contributed by atoms with E-state index in [9.17, 15) is 18.4 Å². The highest BCUT2D eigenvalue weighted by Crippen LogP contribution is 2.36. The predicted molar refractivity (Wildman–Crippen MR) is 75.1 cm³/mol. The van der Waals surface area contributed by atoms with Crippen LogP contribution in [0.15, 0.2) is 0 Å². The summed E-state index contributed by atoms with van der Waals surface area (Å²) < 4.78 is 26.1. The summed E-state index contributed by atoms with van der Waals surface area (Å²) in [5.41, 5.74) is 0. The molecule has 0 aromatic rings. The maximum atomic E-state index is 13.0. The SMILES string of the molecule is CC(C)CC(CNC(=O)C1CCC(F)(F)CC1)CC(=O)O. The molecule has 0 bridgehead atoms. The van der Waals surface area contributed by atoms with E-state index < -0.39 is 11.9 Å². The van der Waals surface area contributed by atoms with Crippen LogP contribution < -0.4 is 5.32 Å². The van der Waals surface area contributed by atoms with Crippen LogP contribution in [0, 0.1) is 17.8 Å². The summed E-state index contributed by atoms with van der Waals surface area (Å²) in [6, 6.07) is 0. The van der Waals surface area contributed by atoms with Crippen molar-refractivity contribution in [3.05, 3.63) is 0 Å². The van der Waals surface area contributed by atoms with E-state index in [0.717, 1.165) is 6.42 Å². The first-order valence-corrected chi connectivity index (χ1v) is 7.57. The lowest BCUT2D eigenvalue weighted by Gasteiger charge is -2.28. The normalized spacial score (nSPS) is 20.2. The third-order valence-corrected chi connectivity index (χ3v) is 3.92. The summed E-state index contributed by atoms with van der Waals surface area (Å²) in [6.45, 7) is 4.30. The first-order valence-electron chi connectivity index (χ1n) is 7.57. The zero-order valence-electron chi connectivity index (χ0n) is 12.7. The molecule has 1 saturated carbocycles. The summed E-state index contributed by atoms with van der Waals surface area (Å²) in [7, 11) is 0. The van der Waals surface area contributed by atoms with Crippen molar-refractivity contribution in [1.82, 2.24) is 5.32 Å². The number of carbonyl (C=O) groups excluding carboxylic acids is 1. The van der Waals surface area contributed by atoms with Crippen LogP contribution in [0.4, 0.5) is 8.78 Å². The first kappa shape index (κ1) is 17.9. The molecule has 1 unspecified atom stereocenters. The molecule has 0 spiro atoms. The van der Waals surface area contributed by atoms with Gasteiger partial charge in [0.05, 0.1) is 0 Å². The summed E-state index contributed by atoms with van der Waals surface area (Å²) in [5, 5.41) is 11.6. The second kappa shape index (κ2) is 7.71. The smallest absolute Gasteiger partial charge is 0.303 e. The topological polar surface area (TPSA) is 66.4 Å². The molecule has 0 aromatic heterocycles. The number of halogens is 2. The van der Waals surface area contributed by atoms with Crippen molar-refractivity contribution in [3.8, 4) is 0 Å². The second-order valence-corrected chi connectivity index (χ2v) is 6.47. The van der Waals surface area contributed by atoms with Crippen LogP contribution in [-0.2, 0) is 9.59 Å². The van der Waals surface area contributed by atoms with Crippen LogP contribution in [0.25, 0.3) is 0 Å². The monoisotopic (exact) mass is 305 g/mol. The number of nitrogens with one attached hydrogen (secondary N) is 1. The highest BCUT2D eigenvalue weighted by Gasteiger charge is 2.37. The molecule has 0 aromatic carbocycles. The molecule has 0 radical (unpaired) electrons. The highest BCUT2D eigenvalue weighted by molar-refractivity contribution is 5.78. The standard InChI is InChI=1S/C15H25F2NO3/c1-10(2)7-11(8-13(19)20)9-18-14(21)12-3-5-15(16,17)6-4-12/h10-12H,3-9H2,1-2H3,(H,18,21)(H,19,20). The Kier molecular flexibility index (Phi) is 6.55. The van der Waals surface area contributed by atoms with Gasteiger partial charge in [0.2, 0.25) is 11.8 Å². The van der Waals surface area contributed by atoms with Crippen LogP contribution in [0.3, 0.4) is 0 Å². The van der Waals surface area contributed by atoms with Gasteiger partial charge in [0.15, 0.2) is 0 Å². The Labute approximate surface area is 124 Å². The van der Waals surface area contributed by atoms with Gasteiger partial charge in [-0.1, -0.05) is 13.8 Å². The Morgan fingerprint density at radius 3 is 2.33 bits per heavy atom. The Hall–Kier alpha value is -1.20. The number of carboxylic acid groups (broad SMARTS) is 1. The van der Waals surface area contributed by atoms with Crippen molar-refractivity contribution in [1.29, 1.82) is 0 Å². The number of hydrogen-bond acceptors (Lipinski definition) is 2. The van der Waals surface area contributed by atoms with E-state index >= 15 is 0 Å². The zero-order chi connectivity index (χ0) is 16.0. The van der Waals surface area contributed by atoms with Crippen molar-refractivity contribution in [2.45, 2.75) is 58.3 Å². The maximum absolute atomic E-state index is 13.0. The molecule has 1 rings (SSSR count). The summed E-state index contributed by atoms with van der Waals surface area (Å²) in [4.78, 5) is 22.8. The van der Waals surface area contributed by atoms with Gasteiger partial charge in [-0.15, -0.1) is 0 Å². The molecule has 1 amide bonds. The van der Waals surface area contributed by atoms with E-state index in [1.165, 1.54) is 0 Å². The van der Waals surface area contributed by atoms with Crippen molar-refractivity contribution < 1.29 is 23.5 Å². The van der Waals surface area contributed by atoms with Crippen LogP contribution in [0.2, 0.25) is 0 Å². The lowest BCUT2D eigenvalue weighted by molar-refractivity contribution is -0.138. The van der Waals surface area contributed by atoms with Gasteiger partial charge in [0, 0.05) is 31.7 Å². The number of aliphatic carboxylic acids is 1. The van der Waals surface area contributed by atoms with E-state index in [2.05, 4.69) is 5.32 Å². The molecule has 1 aliphatic carbocycles. The Morgan fingerprint density at radius 2 is 1.86 bits per heavy atom. The number of amides is 1. The first-order chi connectivity index (χ1) is 9.69. The van der Waals surface area contributed by atoms with Crippen molar-refractivity contribution >= 4 is 11.9 Å². The predicted octanol–water partition coefficient (Wildman–Crippen LogP) is 3.07. The summed E-state index contributed by atoms with van der Waals surface area (Å²) >= 11 is 0. The number of alkyl halides is 2. The van der Waals surface area contributed by atoms with Gasteiger partial charge in [0.1, 0.15) is 0 Å². The van der Waals surface area contributed by atoms with Crippen molar-refractivity contribution in [3.63, 3.8) is 0 Å². The second-order valence-electron chi connectivity index (χ2n) is 6.47.